The highest BCUT2D eigenvalue weighted by atomic mass is 16.5. The third-order valence-electron chi connectivity index (χ3n) is 4.07. The van der Waals surface area contributed by atoms with Crippen LogP contribution in [0.2, 0.25) is 0 Å². The predicted octanol–water partition coefficient (Wildman–Crippen LogP) is 2.07. The third-order valence-corrected chi connectivity index (χ3v) is 4.07. The number of nitrogens with zero attached hydrogens (tertiary/aromatic N) is 1. The molecule has 1 aliphatic heterocycles. The average Bonchev–Trinajstić information content (AvgIpc) is 2.54. The van der Waals surface area contributed by atoms with Crippen molar-refractivity contribution in [2.24, 2.45) is 5.73 Å². The third kappa shape index (κ3) is 4.99. The van der Waals surface area contributed by atoms with Crippen LogP contribution in [0.15, 0.2) is 24.3 Å². The summed E-state index contributed by atoms with van der Waals surface area (Å²) in [5.41, 5.74) is 7.25. The Labute approximate surface area is 128 Å². The van der Waals surface area contributed by atoms with Gasteiger partial charge in [-0.05, 0) is 31.0 Å². The highest BCUT2D eigenvalue weighted by Crippen LogP contribution is 2.20. The summed E-state index contributed by atoms with van der Waals surface area (Å²) in [7, 11) is 0. The molecule has 4 nitrogen and oxygen atoms in total. The second kappa shape index (κ2) is 8.37. The smallest absolute Gasteiger partial charge is 0.122 e. The number of ether oxygens (including phenoxy) is 2. The van der Waals surface area contributed by atoms with E-state index in [4.69, 9.17) is 15.2 Å². The molecular formula is C17H28N2O2. The minimum atomic E-state index is 0.159. The van der Waals surface area contributed by atoms with Crippen LogP contribution >= 0.6 is 0 Å². The van der Waals surface area contributed by atoms with Gasteiger partial charge < -0.3 is 15.2 Å². The Bertz CT molecular complexity index is 425. The van der Waals surface area contributed by atoms with E-state index in [0.717, 1.165) is 44.8 Å². The molecule has 1 heterocycles. The molecule has 1 aromatic rings. The molecule has 2 unspecified atom stereocenters. The van der Waals surface area contributed by atoms with E-state index in [9.17, 15) is 0 Å². The fraction of sp³-hybridized carbons (Fsp3) is 0.647. The minimum Gasteiger partial charge on any atom is -0.491 e. The van der Waals surface area contributed by atoms with Crippen LogP contribution in [-0.4, -0.2) is 49.9 Å². The summed E-state index contributed by atoms with van der Waals surface area (Å²) < 4.78 is 11.8. The lowest BCUT2D eigenvalue weighted by Gasteiger charge is -2.32. The summed E-state index contributed by atoms with van der Waals surface area (Å²) in [6.07, 6.45) is 2.00. The first kappa shape index (κ1) is 16.3. The highest BCUT2D eigenvalue weighted by Gasteiger charge is 2.20. The Morgan fingerprint density at radius 3 is 2.95 bits per heavy atom. The first-order valence-corrected chi connectivity index (χ1v) is 8.03. The lowest BCUT2D eigenvalue weighted by molar-refractivity contribution is -0.0465. The molecule has 1 saturated heterocycles. The standard InChI is InChI=1S/C17H28N2O2/c1-3-15(18)11-14-7-5-6-8-17(14)21-13-16-12-19(4-2)9-10-20-16/h5-8,15-16H,3-4,9-13,18H2,1-2H3. The maximum absolute atomic E-state index is 6.06. The minimum absolute atomic E-state index is 0.159. The molecule has 0 spiro atoms. The van der Waals surface area contributed by atoms with E-state index in [2.05, 4.69) is 24.8 Å². The van der Waals surface area contributed by atoms with E-state index in [1.54, 1.807) is 0 Å². The van der Waals surface area contributed by atoms with Crippen molar-refractivity contribution in [3.8, 4) is 5.75 Å². The van der Waals surface area contributed by atoms with Gasteiger partial charge in [0.1, 0.15) is 18.5 Å². The van der Waals surface area contributed by atoms with Crippen LogP contribution in [0.1, 0.15) is 25.8 Å². The van der Waals surface area contributed by atoms with Crippen molar-refractivity contribution in [1.29, 1.82) is 0 Å². The van der Waals surface area contributed by atoms with E-state index >= 15 is 0 Å². The number of likely N-dealkylation sites (N-methyl/N-ethyl adjacent to an activating group) is 1. The maximum Gasteiger partial charge on any atom is 0.122 e. The predicted molar refractivity (Wildman–Crippen MR) is 85.8 cm³/mol. The number of hydrogen-bond acceptors (Lipinski definition) is 4. The molecule has 2 rings (SSSR count). The van der Waals surface area contributed by atoms with Gasteiger partial charge in [0.15, 0.2) is 0 Å². The van der Waals surface area contributed by atoms with Crippen LogP contribution in [0.5, 0.6) is 5.75 Å². The molecule has 0 amide bonds. The number of benzene rings is 1. The van der Waals surface area contributed by atoms with Gasteiger partial charge in [-0.2, -0.15) is 0 Å². The molecule has 118 valence electrons. The lowest BCUT2D eigenvalue weighted by Crippen LogP contribution is -2.44. The largest absolute Gasteiger partial charge is 0.491 e. The van der Waals surface area contributed by atoms with Crippen molar-refractivity contribution in [3.63, 3.8) is 0 Å². The number of para-hydroxylation sites is 1. The van der Waals surface area contributed by atoms with Crippen LogP contribution < -0.4 is 10.5 Å². The van der Waals surface area contributed by atoms with Gasteiger partial charge in [-0.15, -0.1) is 0 Å². The molecule has 1 aromatic carbocycles. The van der Waals surface area contributed by atoms with E-state index in [0.29, 0.717) is 6.61 Å². The molecule has 0 bridgehead atoms. The molecule has 0 radical (unpaired) electrons. The maximum atomic E-state index is 6.06. The van der Waals surface area contributed by atoms with Gasteiger partial charge in [-0.3, -0.25) is 4.90 Å². The SMILES string of the molecule is CCC(N)Cc1ccccc1OCC1CN(CC)CCO1. The summed E-state index contributed by atoms with van der Waals surface area (Å²) in [5, 5.41) is 0. The molecule has 0 aromatic heterocycles. The fourth-order valence-electron chi connectivity index (χ4n) is 2.59. The number of nitrogens with two attached hydrogens (primary N) is 1. The number of rotatable bonds is 7. The normalized spacial score (nSPS) is 21.2. The molecule has 0 aliphatic carbocycles. The van der Waals surface area contributed by atoms with Gasteiger partial charge in [0.2, 0.25) is 0 Å². The second-order valence-corrected chi connectivity index (χ2v) is 5.68. The zero-order chi connectivity index (χ0) is 15.1. The highest BCUT2D eigenvalue weighted by molar-refractivity contribution is 5.34. The molecular weight excluding hydrogens is 264 g/mol. The quantitative estimate of drug-likeness (QED) is 0.836. The first-order valence-electron chi connectivity index (χ1n) is 8.03. The summed E-state index contributed by atoms with van der Waals surface area (Å²) >= 11 is 0. The van der Waals surface area contributed by atoms with E-state index in [1.807, 2.05) is 18.2 Å². The average molecular weight is 292 g/mol. The molecule has 1 fully saturated rings. The Hall–Kier alpha value is -1.10. The van der Waals surface area contributed by atoms with E-state index in [-0.39, 0.29) is 12.1 Å². The van der Waals surface area contributed by atoms with Gasteiger partial charge >= 0.3 is 0 Å². The van der Waals surface area contributed by atoms with Crippen LogP contribution in [-0.2, 0) is 11.2 Å². The van der Waals surface area contributed by atoms with Crippen molar-refractivity contribution in [3.05, 3.63) is 29.8 Å². The molecule has 1 aliphatic rings. The van der Waals surface area contributed by atoms with Gasteiger partial charge in [0.25, 0.3) is 0 Å². The fourth-order valence-corrected chi connectivity index (χ4v) is 2.59. The van der Waals surface area contributed by atoms with Crippen molar-refractivity contribution in [2.45, 2.75) is 38.8 Å². The van der Waals surface area contributed by atoms with Gasteiger partial charge in [0.05, 0.1) is 6.61 Å². The van der Waals surface area contributed by atoms with Crippen molar-refractivity contribution < 1.29 is 9.47 Å². The molecule has 4 heteroatoms. The Balaban J connectivity index is 1.90. The van der Waals surface area contributed by atoms with E-state index in [1.165, 1.54) is 5.56 Å². The molecule has 2 atom stereocenters. The monoisotopic (exact) mass is 292 g/mol. The number of morpholine rings is 1. The Morgan fingerprint density at radius 1 is 1.38 bits per heavy atom. The van der Waals surface area contributed by atoms with Crippen LogP contribution in [0, 0.1) is 0 Å². The zero-order valence-corrected chi connectivity index (χ0v) is 13.3. The summed E-state index contributed by atoms with van der Waals surface area (Å²) in [6, 6.07) is 8.37. The zero-order valence-electron chi connectivity index (χ0n) is 13.3. The van der Waals surface area contributed by atoms with Gasteiger partial charge in [-0.1, -0.05) is 32.0 Å². The Morgan fingerprint density at radius 2 is 2.19 bits per heavy atom. The van der Waals surface area contributed by atoms with Crippen LogP contribution in [0.25, 0.3) is 0 Å². The molecule has 2 N–H and O–H groups in total. The van der Waals surface area contributed by atoms with Crippen molar-refractivity contribution in [2.75, 3.05) is 32.8 Å². The summed E-state index contributed by atoms with van der Waals surface area (Å²) in [6.45, 7) is 8.75. The summed E-state index contributed by atoms with van der Waals surface area (Å²) in [5.74, 6) is 0.943. The summed E-state index contributed by atoms with van der Waals surface area (Å²) in [4.78, 5) is 2.40. The van der Waals surface area contributed by atoms with Crippen molar-refractivity contribution in [1.82, 2.24) is 4.90 Å². The Kier molecular flexibility index (Phi) is 6.49. The second-order valence-electron chi connectivity index (χ2n) is 5.68. The first-order chi connectivity index (χ1) is 10.2. The lowest BCUT2D eigenvalue weighted by atomic mass is 10.0. The number of hydrogen-bond donors (Lipinski definition) is 1. The van der Waals surface area contributed by atoms with E-state index < -0.39 is 0 Å². The van der Waals surface area contributed by atoms with Crippen molar-refractivity contribution >= 4 is 0 Å². The van der Waals surface area contributed by atoms with Crippen LogP contribution in [0.4, 0.5) is 0 Å². The van der Waals surface area contributed by atoms with Gasteiger partial charge in [-0.25, -0.2) is 0 Å². The van der Waals surface area contributed by atoms with Gasteiger partial charge in [0, 0.05) is 19.1 Å². The molecule has 0 saturated carbocycles. The topological polar surface area (TPSA) is 47.7 Å². The molecule has 21 heavy (non-hydrogen) atoms. The van der Waals surface area contributed by atoms with Crippen LogP contribution in [0.3, 0.4) is 0 Å².